The van der Waals surface area contributed by atoms with Crippen molar-refractivity contribution in [1.82, 2.24) is 20.3 Å². The van der Waals surface area contributed by atoms with Gasteiger partial charge >= 0.3 is 0 Å². The minimum atomic E-state index is 0.445. The summed E-state index contributed by atoms with van der Waals surface area (Å²) in [5.41, 5.74) is 4.42. The first-order valence-electron chi connectivity index (χ1n) is 8.13. The van der Waals surface area contributed by atoms with Gasteiger partial charge in [-0.3, -0.25) is 0 Å². The monoisotopic (exact) mass is 304 g/mol. The van der Waals surface area contributed by atoms with Crippen LogP contribution in [0.5, 0.6) is 0 Å². The average molecular weight is 304 g/mol. The standard InChI is InChI=1S/C19H20N4/c1-3-4-14-7-12(2)16(10-21-14)18-8-13-9-23-19-15(5-6-20-19)17(13)11-22-18/h5-11,14,21-22H,3-4H2,1-2H3. The molecular weight excluding hydrogens is 284 g/mol. The van der Waals surface area contributed by atoms with Gasteiger partial charge in [-0.2, -0.15) is 0 Å². The van der Waals surface area contributed by atoms with Crippen LogP contribution in [0.4, 0.5) is 0 Å². The summed E-state index contributed by atoms with van der Waals surface area (Å²) in [7, 11) is 0. The molecule has 4 rings (SSSR count). The van der Waals surface area contributed by atoms with Crippen LogP contribution in [-0.2, 0) is 0 Å². The zero-order valence-corrected chi connectivity index (χ0v) is 13.4. The molecule has 4 heteroatoms. The van der Waals surface area contributed by atoms with Gasteiger partial charge in [-0.25, -0.2) is 9.97 Å². The number of allylic oxidation sites excluding steroid dienone is 2. The summed E-state index contributed by atoms with van der Waals surface area (Å²) in [5.74, 6) is 0. The maximum atomic E-state index is 4.44. The fourth-order valence-electron chi connectivity index (χ4n) is 3.29. The third kappa shape index (κ3) is 2.40. The molecular formula is C19H20N4. The normalized spacial score (nSPS) is 17.9. The van der Waals surface area contributed by atoms with Gasteiger partial charge in [-0.15, -0.1) is 0 Å². The van der Waals surface area contributed by atoms with E-state index in [1.807, 2.05) is 12.3 Å². The molecule has 0 fully saturated rings. The largest absolute Gasteiger partial charge is 0.384 e. The summed E-state index contributed by atoms with van der Waals surface area (Å²) in [6.45, 7) is 4.39. The van der Waals surface area contributed by atoms with Gasteiger partial charge in [0.2, 0.25) is 0 Å². The summed E-state index contributed by atoms with van der Waals surface area (Å²) < 4.78 is 0. The highest BCUT2D eigenvalue weighted by Gasteiger charge is 2.14. The molecule has 0 radical (unpaired) electrons. The van der Waals surface area contributed by atoms with Gasteiger partial charge in [0, 0.05) is 58.3 Å². The first-order chi connectivity index (χ1) is 11.3. The molecule has 0 amide bonds. The molecule has 4 nitrogen and oxygen atoms in total. The number of fused-ring (bicyclic) bond motifs is 3. The Kier molecular flexibility index (Phi) is 3.37. The third-order valence-electron chi connectivity index (χ3n) is 4.49. The molecule has 0 saturated carbocycles. The van der Waals surface area contributed by atoms with E-state index in [9.17, 15) is 0 Å². The molecule has 3 aromatic rings. The number of pyridine rings is 2. The molecule has 0 saturated heterocycles. The quantitative estimate of drug-likeness (QED) is 0.763. The van der Waals surface area contributed by atoms with Crippen molar-refractivity contribution in [2.45, 2.75) is 32.7 Å². The van der Waals surface area contributed by atoms with Crippen LogP contribution >= 0.6 is 0 Å². The van der Waals surface area contributed by atoms with Gasteiger partial charge in [0.25, 0.3) is 0 Å². The number of nitrogens with zero attached hydrogens (tertiary/aromatic N) is 2. The van der Waals surface area contributed by atoms with Crippen molar-refractivity contribution in [1.29, 1.82) is 0 Å². The molecule has 1 aliphatic rings. The first kappa shape index (κ1) is 14.0. The van der Waals surface area contributed by atoms with Crippen molar-refractivity contribution in [3.63, 3.8) is 0 Å². The molecule has 0 aromatic carbocycles. The van der Waals surface area contributed by atoms with Gasteiger partial charge in [0.1, 0.15) is 0 Å². The second kappa shape index (κ2) is 5.54. The maximum absolute atomic E-state index is 4.44. The molecule has 2 N–H and O–H groups in total. The Hall–Kier alpha value is -2.62. The third-order valence-corrected chi connectivity index (χ3v) is 4.49. The van der Waals surface area contributed by atoms with Crippen LogP contribution in [-0.4, -0.2) is 21.0 Å². The van der Waals surface area contributed by atoms with Crippen molar-refractivity contribution >= 4 is 27.4 Å². The topological polar surface area (TPSA) is 53.6 Å². The molecule has 1 aliphatic heterocycles. The maximum Gasteiger partial charge on any atom is 0.159 e. The van der Waals surface area contributed by atoms with Crippen LogP contribution in [0.1, 0.15) is 32.4 Å². The Morgan fingerprint density at radius 3 is 2.96 bits per heavy atom. The highest BCUT2D eigenvalue weighted by Crippen LogP contribution is 2.28. The number of hydrogen-bond acceptors (Lipinski definition) is 3. The molecule has 116 valence electrons. The Morgan fingerprint density at radius 2 is 2.13 bits per heavy atom. The SMILES string of the molecule is CCCC1C=C(C)C(c2cc3cnc4nccc4c3c[nH]2)=CN1. The van der Waals surface area contributed by atoms with Gasteiger partial charge in [0.15, 0.2) is 5.65 Å². The number of aromatic nitrogens is 3. The number of hydrogen-bond donors (Lipinski definition) is 2. The minimum Gasteiger partial charge on any atom is -0.384 e. The van der Waals surface area contributed by atoms with Gasteiger partial charge in [-0.05, 0) is 31.1 Å². The van der Waals surface area contributed by atoms with E-state index in [2.05, 4.69) is 58.7 Å². The van der Waals surface area contributed by atoms with Crippen molar-refractivity contribution < 1.29 is 0 Å². The Morgan fingerprint density at radius 1 is 1.22 bits per heavy atom. The highest BCUT2D eigenvalue weighted by atomic mass is 14.9. The fourth-order valence-corrected chi connectivity index (χ4v) is 3.29. The van der Waals surface area contributed by atoms with Crippen molar-refractivity contribution in [2.75, 3.05) is 0 Å². The Labute approximate surface area is 135 Å². The Bertz CT molecular complexity index is 933. The van der Waals surface area contributed by atoms with E-state index in [1.54, 1.807) is 6.20 Å². The average Bonchev–Trinajstić information content (AvgIpc) is 3.04. The number of dihydropyridines is 1. The van der Waals surface area contributed by atoms with E-state index in [0.717, 1.165) is 33.9 Å². The molecule has 23 heavy (non-hydrogen) atoms. The highest BCUT2D eigenvalue weighted by molar-refractivity contribution is 6.04. The van der Waals surface area contributed by atoms with Crippen LogP contribution < -0.4 is 5.32 Å². The first-order valence-corrected chi connectivity index (χ1v) is 8.13. The van der Waals surface area contributed by atoms with E-state index in [-0.39, 0.29) is 0 Å². The second-order valence-corrected chi connectivity index (χ2v) is 6.13. The van der Waals surface area contributed by atoms with Gasteiger partial charge in [-0.1, -0.05) is 19.4 Å². The molecule has 0 aliphatic carbocycles. The number of nitrogens with one attached hydrogen (secondary N) is 2. The predicted molar refractivity (Wildman–Crippen MR) is 95.0 cm³/mol. The number of H-pyrrole nitrogens is 1. The zero-order chi connectivity index (χ0) is 15.8. The van der Waals surface area contributed by atoms with E-state index < -0.39 is 0 Å². The van der Waals surface area contributed by atoms with E-state index in [1.165, 1.54) is 17.6 Å². The molecule has 1 atom stereocenters. The second-order valence-electron chi connectivity index (χ2n) is 6.13. The molecule has 1 unspecified atom stereocenters. The van der Waals surface area contributed by atoms with Crippen LogP contribution in [0.3, 0.4) is 0 Å². The summed E-state index contributed by atoms with van der Waals surface area (Å²) in [4.78, 5) is 12.1. The van der Waals surface area contributed by atoms with Gasteiger partial charge < -0.3 is 10.3 Å². The van der Waals surface area contributed by atoms with Crippen LogP contribution in [0, 0.1) is 0 Å². The van der Waals surface area contributed by atoms with E-state index >= 15 is 0 Å². The summed E-state index contributed by atoms with van der Waals surface area (Å²) in [6.07, 6.45) is 12.6. The van der Waals surface area contributed by atoms with E-state index in [0.29, 0.717) is 6.04 Å². The van der Waals surface area contributed by atoms with E-state index in [4.69, 9.17) is 0 Å². The van der Waals surface area contributed by atoms with Crippen molar-refractivity contribution in [3.05, 3.63) is 54.3 Å². The lowest BCUT2D eigenvalue weighted by atomic mass is 9.96. The van der Waals surface area contributed by atoms with Crippen LogP contribution in [0.2, 0.25) is 0 Å². The lowest BCUT2D eigenvalue weighted by molar-refractivity contribution is 0.620. The molecule has 0 bridgehead atoms. The summed E-state index contributed by atoms with van der Waals surface area (Å²) >= 11 is 0. The smallest absolute Gasteiger partial charge is 0.159 e. The molecule has 4 heterocycles. The summed E-state index contributed by atoms with van der Waals surface area (Å²) in [5, 5.41) is 6.87. The molecule has 3 aromatic heterocycles. The van der Waals surface area contributed by atoms with Crippen LogP contribution in [0.25, 0.3) is 27.4 Å². The predicted octanol–water partition coefficient (Wildman–Crippen LogP) is 4.17. The minimum absolute atomic E-state index is 0.445. The summed E-state index contributed by atoms with van der Waals surface area (Å²) in [6, 6.07) is 4.63. The lowest BCUT2D eigenvalue weighted by Gasteiger charge is -2.22. The lowest BCUT2D eigenvalue weighted by Crippen LogP contribution is -2.25. The number of aromatic amines is 1. The van der Waals surface area contributed by atoms with Crippen LogP contribution in [0.15, 0.2) is 48.6 Å². The fraction of sp³-hybridized carbons (Fsp3) is 0.263. The van der Waals surface area contributed by atoms with Crippen molar-refractivity contribution in [3.8, 4) is 0 Å². The Balaban J connectivity index is 1.75. The zero-order valence-electron chi connectivity index (χ0n) is 13.4. The van der Waals surface area contributed by atoms with Gasteiger partial charge in [0.05, 0.1) is 0 Å². The number of rotatable bonds is 3. The molecule has 0 spiro atoms. The van der Waals surface area contributed by atoms with Crippen molar-refractivity contribution in [2.24, 2.45) is 0 Å².